The Kier molecular flexibility index (Phi) is 27.9. The van der Waals surface area contributed by atoms with E-state index in [2.05, 4.69) is 92.9 Å². The number of nitrogens with zero attached hydrogens (tertiary/aromatic N) is 2. The van der Waals surface area contributed by atoms with Gasteiger partial charge < -0.3 is 25.8 Å². The van der Waals surface area contributed by atoms with Crippen LogP contribution in [0.3, 0.4) is 0 Å². The zero-order valence-electron chi connectivity index (χ0n) is 30.9. The molecule has 3 atom stereocenters. The summed E-state index contributed by atoms with van der Waals surface area (Å²) in [6, 6.07) is 10.6. The Morgan fingerprint density at radius 2 is 1.70 bits per heavy atom. The predicted octanol–water partition coefficient (Wildman–Crippen LogP) is 9.57. The third kappa shape index (κ3) is 23.3. The van der Waals surface area contributed by atoms with Crippen molar-refractivity contribution in [2.45, 2.75) is 92.5 Å². The molecule has 0 aromatic heterocycles. The summed E-state index contributed by atoms with van der Waals surface area (Å²) in [6.45, 7) is 25.0. The van der Waals surface area contributed by atoms with Gasteiger partial charge in [-0.2, -0.15) is 0 Å². The summed E-state index contributed by atoms with van der Waals surface area (Å²) in [7, 11) is 6.31. The monoisotopic (exact) mass is 675 g/mol. The van der Waals surface area contributed by atoms with Gasteiger partial charge >= 0.3 is 0 Å². The van der Waals surface area contributed by atoms with Crippen LogP contribution >= 0.6 is 9.24 Å². The number of nitrogens with two attached hydrogens (primary N) is 2. The maximum atomic E-state index is 13.8. The summed E-state index contributed by atoms with van der Waals surface area (Å²) in [5.74, 6) is 1.14. The number of rotatable bonds is 18. The van der Waals surface area contributed by atoms with Gasteiger partial charge in [-0.05, 0) is 62.2 Å². The molecule has 1 fully saturated rings. The second kappa shape index (κ2) is 28.3. The van der Waals surface area contributed by atoms with E-state index in [4.69, 9.17) is 20.9 Å². The first-order chi connectivity index (χ1) is 22.3. The third-order valence-electron chi connectivity index (χ3n) is 7.46. The molecule has 4 N–H and O–H groups in total. The molecule has 0 radical (unpaired) electrons. The van der Waals surface area contributed by atoms with Gasteiger partial charge in [-0.3, -0.25) is 0 Å². The van der Waals surface area contributed by atoms with Gasteiger partial charge in [-0.25, -0.2) is 9.38 Å². The first kappa shape index (κ1) is 46.4. The Bertz CT molecular complexity index is 1060. The van der Waals surface area contributed by atoms with E-state index in [1.54, 1.807) is 25.1 Å². The summed E-state index contributed by atoms with van der Waals surface area (Å²) in [5, 5.41) is 0. The number of methoxy groups -OCH3 is 1. The number of allylic oxidation sites excluding steroid dienone is 1. The molecule has 1 aromatic rings. The molecule has 8 heteroatoms. The lowest BCUT2D eigenvalue weighted by Gasteiger charge is -2.19. The highest BCUT2D eigenvalue weighted by atomic mass is 31.0. The average molecular weight is 675 g/mol. The van der Waals surface area contributed by atoms with Gasteiger partial charge in [0.1, 0.15) is 0 Å². The number of hydrogen-bond acceptors (Lipinski definition) is 5. The summed E-state index contributed by atoms with van der Waals surface area (Å²) in [5.41, 5.74) is 13.3. The van der Waals surface area contributed by atoms with Gasteiger partial charge in [-0.1, -0.05) is 97.0 Å². The van der Waals surface area contributed by atoms with E-state index in [-0.39, 0.29) is 17.3 Å². The first-order valence-electron chi connectivity index (χ1n) is 17.0. The van der Waals surface area contributed by atoms with Gasteiger partial charge in [0.05, 0.1) is 12.4 Å². The molecule has 0 heterocycles. The molecule has 0 amide bonds. The van der Waals surface area contributed by atoms with Crippen molar-refractivity contribution in [3.05, 3.63) is 97.5 Å². The number of halogens is 1. The van der Waals surface area contributed by atoms with Crippen molar-refractivity contribution in [3.63, 3.8) is 0 Å². The van der Waals surface area contributed by atoms with E-state index in [0.717, 1.165) is 43.7 Å². The molecule has 3 unspecified atom stereocenters. The Balaban J connectivity index is 0. The zero-order chi connectivity index (χ0) is 36.3. The van der Waals surface area contributed by atoms with Crippen LogP contribution in [0.15, 0.2) is 96.9 Å². The minimum atomic E-state index is -0.587. The van der Waals surface area contributed by atoms with E-state index in [1.165, 1.54) is 49.2 Å². The Labute approximate surface area is 290 Å². The summed E-state index contributed by atoms with van der Waals surface area (Å²) in [4.78, 5) is 5.30. The molecule has 1 aliphatic rings. The van der Waals surface area contributed by atoms with Crippen LogP contribution < -0.4 is 11.5 Å². The van der Waals surface area contributed by atoms with Crippen molar-refractivity contribution in [2.75, 3.05) is 33.5 Å². The second-order valence-electron chi connectivity index (χ2n) is 12.2. The fraction of sp³-hybridized carbons (Fsp3) is 0.564. The maximum absolute atomic E-state index is 13.8. The Morgan fingerprint density at radius 1 is 1.13 bits per heavy atom. The number of aryl methyl sites for hydroxylation is 1. The van der Waals surface area contributed by atoms with Gasteiger partial charge in [-0.15, -0.1) is 15.8 Å². The SMILES string of the molecule is C=CC(C)N.C=CN=C(N)/C(F)=C\N(C)/C=C1/CC1(CCP)COC(=C)C(C)C.CCCC(CCC)COC.CCc1ccccc1. The molecule has 268 valence electrons. The van der Waals surface area contributed by atoms with Crippen LogP contribution in [-0.4, -0.2) is 50.3 Å². The fourth-order valence-corrected chi connectivity index (χ4v) is 4.96. The average Bonchev–Trinajstić information content (AvgIpc) is 3.72. The molecule has 0 aliphatic heterocycles. The molecule has 1 saturated carbocycles. The summed E-state index contributed by atoms with van der Waals surface area (Å²) in [6.07, 6.45) is 15.5. The topological polar surface area (TPSA) is 86.1 Å². The van der Waals surface area contributed by atoms with Gasteiger partial charge in [0, 0.05) is 56.7 Å². The molecular weight excluding hydrogens is 606 g/mol. The molecule has 1 aliphatic carbocycles. The van der Waals surface area contributed by atoms with Crippen LogP contribution in [0.5, 0.6) is 0 Å². The van der Waals surface area contributed by atoms with Crippen molar-refractivity contribution in [2.24, 2.45) is 33.7 Å². The Hall–Kier alpha value is -2.73. The van der Waals surface area contributed by atoms with E-state index in [0.29, 0.717) is 12.5 Å². The highest BCUT2D eigenvalue weighted by molar-refractivity contribution is 7.16. The van der Waals surface area contributed by atoms with Crippen LogP contribution in [0, 0.1) is 17.3 Å². The van der Waals surface area contributed by atoms with Crippen LogP contribution in [0.25, 0.3) is 0 Å². The first-order valence-corrected chi connectivity index (χ1v) is 17.8. The van der Waals surface area contributed by atoms with E-state index < -0.39 is 5.83 Å². The Morgan fingerprint density at radius 3 is 2.11 bits per heavy atom. The predicted molar refractivity (Wildman–Crippen MR) is 208 cm³/mol. The molecule has 6 nitrogen and oxygen atoms in total. The normalized spacial score (nSPS) is 16.9. The second-order valence-corrected chi connectivity index (χ2v) is 12.8. The minimum absolute atomic E-state index is 0.0267. The standard InChI is InChI=1S/C18H29FN3OP.C9H20O.C8H10.C4H9N/c1-6-21-17(20)16(19)11-22(5)10-15-9-18(15,7-8-24)12-23-14(4)13(2)3;1-4-6-9(7-5-2)8-10-3;1-2-8-6-4-3-5-7-8;1-3-4(2)5/h6,10-11,13H,1,4,7-9,12,24H2,2-3,5H3,(H2,20,21);9H,4-8H2,1-3H3;3-7H,2H2,1H3;3-4H,1,5H2,2H3/b15-10-,16-11+;;;. The summed E-state index contributed by atoms with van der Waals surface area (Å²) >= 11 is 0. The van der Waals surface area contributed by atoms with Crippen molar-refractivity contribution in [1.82, 2.24) is 4.90 Å². The lowest BCUT2D eigenvalue weighted by atomic mass is 10.00. The lowest BCUT2D eigenvalue weighted by Crippen LogP contribution is -2.15. The van der Waals surface area contributed by atoms with Gasteiger partial charge in [0.25, 0.3) is 0 Å². The number of aliphatic imine (C=N–C) groups is 1. The van der Waals surface area contributed by atoms with Gasteiger partial charge in [0.15, 0.2) is 11.7 Å². The van der Waals surface area contributed by atoms with Crippen molar-refractivity contribution in [3.8, 4) is 0 Å². The maximum Gasteiger partial charge on any atom is 0.181 e. The largest absolute Gasteiger partial charge is 0.497 e. The van der Waals surface area contributed by atoms with Crippen LogP contribution in [0.4, 0.5) is 4.39 Å². The lowest BCUT2D eigenvalue weighted by molar-refractivity contribution is 0.139. The van der Waals surface area contributed by atoms with E-state index >= 15 is 0 Å². The fourth-order valence-electron chi connectivity index (χ4n) is 4.41. The molecular formula is C39H68FN4O2P. The highest BCUT2D eigenvalue weighted by Gasteiger charge is 2.49. The van der Waals surface area contributed by atoms with E-state index in [1.807, 2.05) is 19.2 Å². The van der Waals surface area contributed by atoms with Crippen molar-refractivity contribution < 1.29 is 13.9 Å². The van der Waals surface area contributed by atoms with Crippen LogP contribution in [-0.2, 0) is 15.9 Å². The molecule has 47 heavy (non-hydrogen) atoms. The molecule has 1 aromatic carbocycles. The summed E-state index contributed by atoms with van der Waals surface area (Å²) < 4.78 is 24.8. The van der Waals surface area contributed by atoms with Crippen molar-refractivity contribution in [1.29, 1.82) is 0 Å². The number of benzene rings is 1. The van der Waals surface area contributed by atoms with Crippen LogP contribution in [0.1, 0.15) is 85.6 Å². The smallest absolute Gasteiger partial charge is 0.181 e. The number of amidine groups is 1. The van der Waals surface area contributed by atoms with Crippen molar-refractivity contribution >= 4 is 15.1 Å². The molecule has 0 bridgehead atoms. The minimum Gasteiger partial charge on any atom is -0.497 e. The third-order valence-corrected chi connectivity index (χ3v) is 7.74. The van der Waals surface area contributed by atoms with Crippen LogP contribution in [0.2, 0.25) is 0 Å². The molecule has 0 saturated heterocycles. The van der Waals surface area contributed by atoms with E-state index in [9.17, 15) is 4.39 Å². The number of ether oxygens (including phenoxy) is 2. The number of hydrogen-bond donors (Lipinski definition) is 2. The highest BCUT2D eigenvalue weighted by Crippen LogP contribution is 2.55. The quantitative estimate of drug-likeness (QED) is 0.0533. The molecule has 0 spiro atoms. The molecule has 2 rings (SSSR count). The zero-order valence-corrected chi connectivity index (χ0v) is 32.1. The van der Waals surface area contributed by atoms with Gasteiger partial charge in [0.2, 0.25) is 0 Å².